The van der Waals surface area contributed by atoms with Crippen molar-refractivity contribution in [3.63, 3.8) is 0 Å². The first-order chi connectivity index (χ1) is 16.0. The van der Waals surface area contributed by atoms with Gasteiger partial charge >= 0.3 is 6.03 Å². The van der Waals surface area contributed by atoms with E-state index in [1.807, 2.05) is 25.1 Å². The van der Waals surface area contributed by atoms with E-state index in [9.17, 15) is 4.79 Å². The molecule has 5 heteroatoms. The molecule has 2 aromatic carbocycles. The number of amides is 2. The summed E-state index contributed by atoms with van der Waals surface area (Å²) in [6, 6.07) is 16.5. The van der Waals surface area contributed by atoms with Crippen molar-refractivity contribution in [2.75, 3.05) is 18.4 Å². The monoisotopic (exact) mass is 442 g/mol. The predicted molar refractivity (Wildman–Crippen MR) is 134 cm³/mol. The molecule has 4 rings (SSSR count). The number of hydrogen-bond acceptors (Lipinski definition) is 3. The van der Waals surface area contributed by atoms with Crippen molar-refractivity contribution in [2.45, 2.75) is 63.8 Å². The van der Waals surface area contributed by atoms with Gasteiger partial charge in [-0.25, -0.2) is 4.79 Å². The molecule has 5 nitrogen and oxygen atoms in total. The maximum atomic E-state index is 12.6. The highest BCUT2D eigenvalue weighted by Crippen LogP contribution is 2.32. The number of nitrogens with zero attached hydrogens (tertiary/aromatic N) is 2. The molecule has 0 atom stereocenters. The molecule has 0 radical (unpaired) electrons. The van der Waals surface area contributed by atoms with E-state index < -0.39 is 0 Å². The standard InChI is InChI=1S/C28H34N4O/c1-20-8-11-25(18-27(20)31-28(33)30-26-6-4-3-5-7-26)21(2)32-16-14-24(15-17-32)23-12-9-22(19-29)10-13-23/h8-13,18,24,26H,2-7,14-17H2,1H3,(H2,30,31,33). The number of hydrogen-bond donors (Lipinski definition) is 2. The lowest BCUT2D eigenvalue weighted by Crippen LogP contribution is -2.39. The van der Waals surface area contributed by atoms with Crippen LogP contribution in [0, 0.1) is 18.3 Å². The van der Waals surface area contributed by atoms with Gasteiger partial charge in [0.2, 0.25) is 0 Å². The molecule has 1 aliphatic carbocycles. The molecule has 1 saturated heterocycles. The van der Waals surface area contributed by atoms with E-state index >= 15 is 0 Å². The fraction of sp³-hybridized carbons (Fsp3) is 0.429. The fourth-order valence-electron chi connectivity index (χ4n) is 5.02. The molecule has 33 heavy (non-hydrogen) atoms. The van der Waals surface area contributed by atoms with Gasteiger partial charge in [0.05, 0.1) is 11.6 Å². The maximum Gasteiger partial charge on any atom is 0.319 e. The number of likely N-dealkylation sites (tertiary alicyclic amines) is 1. The van der Waals surface area contributed by atoms with Gasteiger partial charge in [0.1, 0.15) is 0 Å². The Bertz CT molecular complexity index is 1020. The zero-order chi connectivity index (χ0) is 23.2. The number of carbonyl (C=O) groups excluding carboxylic acids is 1. The molecule has 2 aliphatic rings. The summed E-state index contributed by atoms with van der Waals surface area (Å²) >= 11 is 0. The number of nitriles is 1. The van der Waals surface area contributed by atoms with Crippen molar-refractivity contribution < 1.29 is 4.79 Å². The third kappa shape index (κ3) is 5.76. The predicted octanol–water partition coefficient (Wildman–Crippen LogP) is 6.17. The van der Waals surface area contributed by atoms with Gasteiger partial charge in [-0.15, -0.1) is 0 Å². The highest BCUT2D eigenvalue weighted by Gasteiger charge is 2.22. The van der Waals surface area contributed by atoms with Gasteiger partial charge in [-0.2, -0.15) is 5.26 Å². The summed E-state index contributed by atoms with van der Waals surface area (Å²) in [5.74, 6) is 0.514. The van der Waals surface area contributed by atoms with Crippen LogP contribution in [-0.4, -0.2) is 30.1 Å². The molecule has 0 bridgehead atoms. The molecule has 2 N–H and O–H groups in total. The molecule has 0 spiro atoms. The summed E-state index contributed by atoms with van der Waals surface area (Å²) < 4.78 is 0. The second-order valence-corrected chi connectivity index (χ2v) is 9.40. The first kappa shape index (κ1) is 22.9. The molecular weight excluding hydrogens is 408 g/mol. The molecule has 1 heterocycles. The van der Waals surface area contributed by atoms with Gasteiger partial charge in [-0.05, 0) is 73.4 Å². The number of aryl methyl sites for hydroxylation is 1. The normalized spacial score (nSPS) is 17.3. The average molecular weight is 443 g/mol. The summed E-state index contributed by atoms with van der Waals surface area (Å²) in [6.45, 7) is 8.29. The van der Waals surface area contributed by atoms with Crippen molar-refractivity contribution in [3.8, 4) is 6.07 Å². The van der Waals surface area contributed by atoms with Crippen LogP contribution in [0.2, 0.25) is 0 Å². The molecule has 2 aromatic rings. The van der Waals surface area contributed by atoms with E-state index in [0.717, 1.165) is 61.3 Å². The maximum absolute atomic E-state index is 12.6. The Balaban J connectivity index is 1.35. The number of nitrogens with one attached hydrogen (secondary N) is 2. The van der Waals surface area contributed by atoms with Crippen LogP contribution < -0.4 is 10.6 Å². The lowest BCUT2D eigenvalue weighted by molar-refractivity contribution is 0.244. The summed E-state index contributed by atoms with van der Waals surface area (Å²) in [7, 11) is 0. The molecular formula is C28H34N4O. The quantitative estimate of drug-likeness (QED) is 0.582. The van der Waals surface area contributed by atoms with Gasteiger partial charge < -0.3 is 15.5 Å². The zero-order valence-electron chi connectivity index (χ0n) is 19.6. The van der Waals surface area contributed by atoms with Crippen molar-refractivity contribution in [1.82, 2.24) is 10.2 Å². The lowest BCUT2D eigenvalue weighted by atomic mass is 9.88. The van der Waals surface area contributed by atoms with E-state index in [1.165, 1.54) is 24.8 Å². The number of anilines is 1. The van der Waals surface area contributed by atoms with Crippen molar-refractivity contribution in [1.29, 1.82) is 5.26 Å². The summed E-state index contributed by atoms with van der Waals surface area (Å²) in [6.07, 6.45) is 7.93. The van der Waals surface area contributed by atoms with E-state index in [1.54, 1.807) is 0 Å². The minimum Gasteiger partial charge on any atom is -0.371 e. The fourth-order valence-corrected chi connectivity index (χ4v) is 5.02. The third-order valence-corrected chi connectivity index (χ3v) is 7.15. The highest BCUT2D eigenvalue weighted by atomic mass is 16.2. The molecule has 0 unspecified atom stereocenters. The largest absolute Gasteiger partial charge is 0.371 e. The van der Waals surface area contributed by atoms with Gasteiger partial charge in [0.25, 0.3) is 0 Å². The molecule has 2 fully saturated rings. The Morgan fingerprint density at radius 2 is 1.73 bits per heavy atom. The SMILES string of the molecule is C=C(c1ccc(C)c(NC(=O)NC2CCCCC2)c1)N1CCC(c2ccc(C#N)cc2)CC1. The van der Waals surface area contributed by atoms with Crippen LogP contribution in [0.15, 0.2) is 49.0 Å². The highest BCUT2D eigenvalue weighted by molar-refractivity contribution is 5.91. The van der Waals surface area contributed by atoms with Crippen molar-refractivity contribution in [3.05, 3.63) is 71.3 Å². The minimum atomic E-state index is -0.115. The van der Waals surface area contributed by atoms with Crippen molar-refractivity contribution in [2.24, 2.45) is 0 Å². The summed E-state index contributed by atoms with van der Waals surface area (Å²) in [5.41, 5.74) is 5.96. The Morgan fingerprint density at radius 3 is 2.39 bits per heavy atom. The third-order valence-electron chi connectivity index (χ3n) is 7.15. The van der Waals surface area contributed by atoms with Gasteiger partial charge in [-0.1, -0.05) is 50.1 Å². The van der Waals surface area contributed by atoms with E-state index in [-0.39, 0.29) is 12.1 Å². The van der Waals surface area contributed by atoms with Gasteiger partial charge in [0.15, 0.2) is 0 Å². The Hall–Kier alpha value is -3.26. The van der Waals surface area contributed by atoms with Crippen LogP contribution in [0.4, 0.5) is 10.5 Å². The van der Waals surface area contributed by atoms with Crippen LogP contribution in [0.5, 0.6) is 0 Å². The number of benzene rings is 2. The minimum absolute atomic E-state index is 0.115. The molecule has 1 aliphatic heterocycles. The van der Waals surface area contributed by atoms with E-state index in [2.05, 4.69) is 52.4 Å². The lowest BCUT2D eigenvalue weighted by Gasteiger charge is -2.35. The first-order valence-corrected chi connectivity index (χ1v) is 12.2. The van der Waals surface area contributed by atoms with Crippen LogP contribution in [-0.2, 0) is 0 Å². The van der Waals surface area contributed by atoms with Crippen molar-refractivity contribution >= 4 is 17.4 Å². The van der Waals surface area contributed by atoms with Crippen LogP contribution in [0.1, 0.15) is 73.1 Å². The molecule has 0 aromatic heterocycles. The Labute approximate surface area is 197 Å². The molecule has 172 valence electrons. The second-order valence-electron chi connectivity index (χ2n) is 9.40. The van der Waals surface area contributed by atoms with Gasteiger partial charge in [-0.3, -0.25) is 0 Å². The molecule has 2 amide bonds. The zero-order valence-corrected chi connectivity index (χ0v) is 19.6. The van der Waals surface area contributed by atoms with Crippen LogP contribution in [0.3, 0.4) is 0 Å². The number of piperidine rings is 1. The average Bonchev–Trinajstić information content (AvgIpc) is 2.86. The van der Waals surface area contributed by atoms with E-state index in [4.69, 9.17) is 5.26 Å². The van der Waals surface area contributed by atoms with Crippen LogP contribution >= 0.6 is 0 Å². The smallest absolute Gasteiger partial charge is 0.319 e. The molecule has 1 saturated carbocycles. The Kier molecular flexibility index (Phi) is 7.34. The first-order valence-electron chi connectivity index (χ1n) is 12.2. The number of urea groups is 1. The Morgan fingerprint density at radius 1 is 1.03 bits per heavy atom. The van der Waals surface area contributed by atoms with E-state index in [0.29, 0.717) is 11.5 Å². The summed E-state index contributed by atoms with van der Waals surface area (Å²) in [5, 5.41) is 15.2. The number of carbonyl (C=O) groups is 1. The second kappa shape index (κ2) is 10.6. The number of rotatable bonds is 5. The van der Waals surface area contributed by atoms with Crippen LogP contribution in [0.25, 0.3) is 5.70 Å². The van der Waals surface area contributed by atoms with Gasteiger partial charge in [0, 0.05) is 30.5 Å². The topological polar surface area (TPSA) is 68.2 Å². The summed E-state index contributed by atoms with van der Waals surface area (Å²) in [4.78, 5) is 14.9.